The van der Waals surface area contributed by atoms with E-state index >= 15 is 0 Å². The smallest absolute Gasteiger partial charge is 0.137 e. The molecule has 0 saturated heterocycles. The molecule has 0 fully saturated rings. The van der Waals surface area contributed by atoms with E-state index in [1.54, 1.807) is 12.3 Å². The first-order valence-electron chi connectivity index (χ1n) is 28.7. The summed E-state index contributed by atoms with van der Waals surface area (Å²) in [6, 6.07) is 74.8. The summed E-state index contributed by atoms with van der Waals surface area (Å²) < 4.78 is 35.5. The molecule has 3 heterocycles. The van der Waals surface area contributed by atoms with Crippen molar-refractivity contribution in [1.29, 1.82) is 0 Å². The molecule has 0 radical (unpaired) electrons. The third-order valence-electron chi connectivity index (χ3n) is 15.6. The zero-order valence-electron chi connectivity index (χ0n) is 49.2. The second-order valence-electron chi connectivity index (χ2n) is 24.0. The van der Waals surface area contributed by atoms with Crippen LogP contribution in [0.25, 0.3) is 72.1 Å². The molecular weight excluding hydrogens is 949 g/mol. The van der Waals surface area contributed by atoms with Gasteiger partial charge in [-0.2, -0.15) is 0 Å². The molecule has 2 aromatic heterocycles. The molecule has 1 aliphatic heterocycles. The van der Waals surface area contributed by atoms with Gasteiger partial charge in [0.05, 0.1) is 28.1 Å². The Bertz CT molecular complexity index is 4140. The summed E-state index contributed by atoms with van der Waals surface area (Å²) in [7, 11) is 0. The van der Waals surface area contributed by atoms with Crippen molar-refractivity contribution in [1.82, 2.24) is 9.55 Å². The van der Waals surface area contributed by atoms with Gasteiger partial charge in [-0.15, -0.1) is 0 Å². The molecule has 0 bridgehead atoms. The lowest BCUT2D eigenvalue weighted by Crippen LogP contribution is -2.25. The van der Waals surface area contributed by atoms with E-state index < -0.39 is 6.85 Å². The molecule has 0 atom stereocenters. The average molecular weight is 1020 g/mol. The molecule has 0 N–H and O–H groups in total. The number of hydrogen-bond acceptors (Lipinski definition) is 4. The fraction of sp³-hybridized carbons (Fsp3) is 0.192. The van der Waals surface area contributed by atoms with Crippen LogP contribution < -0.4 is 14.5 Å². The van der Waals surface area contributed by atoms with Crippen LogP contribution in [-0.2, 0) is 16.2 Å². The van der Waals surface area contributed by atoms with E-state index in [2.05, 4.69) is 259 Å². The second kappa shape index (κ2) is 19.4. The fourth-order valence-electron chi connectivity index (χ4n) is 11.1. The van der Waals surface area contributed by atoms with Crippen molar-refractivity contribution in [3.05, 3.63) is 241 Å². The SMILES string of the molecule is [2H]C([2H])([2H])c1cc(-n2c3ccc(-c4ccc(C(C)(C)C)cc4)cc3c3ccc(Oc4cccc(N5CN(c6c(-c7ccccc7)cccc6-c6ccc(C(C)(C)C)cc6)c6ccccc65)c4)cc32)ncc1-c1ccc(C(C)(C)C)cc1. The number of ether oxygens (including phenoxy) is 1. The maximum atomic E-state index is 8.85. The van der Waals surface area contributed by atoms with Gasteiger partial charge >= 0.3 is 0 Å². The third-order valence-corrected chi connectivity index (χ3v) is 15.6. The number of rotatable bonds is 9. The second-order valence-corrected chi connectivity index (χ2v) is 24.0. The minimum absolute atomic E-state index is 0.0318. The van der Waals surface area contributed by atoms with E-state index in [9.17, 15) is 0 Å². The largest absolute Gasteiger partial charge is 0.457 e. The van der Waals surface area contributed by atoms with Crippen LogP contribution in [0.15, 0.2) is 219 Å². The van der Waals surface area contributed by atoms with Crippen LogP contribution in [-0.4, -0.2) is 16.2 Å². The number of hydrogen-bond donors (Lipinski definition) is 0. The van der Waals surface area contributed by atoms with Gasteiger partial charge in [0.15, 0.2) is 0 Å². The molecule has 0 spiro atoms. The zero-order valence-corrected chi connectivity index (χ0v) is 46.2. The molecule has 9 aromatic carbocycles. The fourth-order valence-corrected chi connectivity index (χ4v) is 11.1. The Morgan fingerprint density at radius 3 is 1.58 bits per heavy atom. The molecule has 5 nitrogen and oxygen atoms in total. The van der Waals surface area contributed by atoms with E-state index in [4.69, 9.17) is 13.8 Å². The summed E-state index contributed by atoms with van der Waals surface area (Å²) in [5.74, 6) is 1.82. The Labute approximate surface area is 465 Å². The number of aromatic nitrogens is 2. The van der Waals surface area contributed by atoms with Crippen molar-refractivity contribution in [2.24, 2.45) is 0 Å². The van der Waals surface area contributed by atoms with Crippen molar-refractivity contribution < 1.29 is 8.85 Å². The highest BCUT2D eigenvalue weighted by Crippen LogP contribution is 2.51. The molecule has 78 heavy (non-hydrogen) atoms. The summed E-state index contributed by atoms with van der Waals surface area (Å²) >= 11 is 0. The van der Waals surface area contributed by atoms with E-state index in [0.29, 0.717) is 29.5 Å². The van der Waals surface area contributed by atoms with E-state index in [1.807, 2.05) is 24.3 Å². The Morgan fingerprint density at radius 1 is 0.423 bits per heavy atom. The number of nitrogens with zero attached hydrogens (tertiary/aromatic N) is 4. The van der Waals surface area contributed by atoms with Crippen molar-refractivity contribution in [3.63, 3.8) is 0 Å². The van der Waals surface area contributed by atoms with Gasteiger partial charge in [0.25, 0.3) is 0 Å². The predicted molar refractivity (Wildman–Crippen MR) is 330 cm³/mol. The molecule has 11 aromatic rings. The highest BCUT2D eigenvalue weighted by atomic mass is 16.5. The van der Waals surface area contributed by atoms with Crippen LogP contribution >= 0.6 is 0 Å². The Morgan fingerprint density at radius 2 is 0.962 bits per heavy atom. The van der Waals surface area contributed by atoms with Crippen molar-refractivity contribution in [2.45, 2.75) is 85.4 Å². The topological polar surface area (TPSA) is 33.5 Å². The molecule has 0 saturated carbocycles. The molecular formula is C73H68N4O. The number of fused-ring (bicyclic) bond motifs is 4. The molecule has 1 aliphatic rings. The van der Waals surface area contributed by atoms with Gasteiger partial charge in [-0.25, -0.2) is 4.98 Å². The number of aryl methyl sites for hydroxylation is 1. The first-order chi connectivity index (χ1) is 38.7. The number of anilines is 4. The highest BCUT2D eigenvalue weighted by Gasteiger charge is 2.32. The minimum atomic E-state index is -2.42. The normalized spacial score (nSPS) is 13.6. The van der Waals surface area contributed by atoms with E-state index in [1.165, 1.54) is 16.7 Å². The standard InChI is InChI=1S/C73H68N4O/c1-48-42-69(74-46-64(48)52-30-37-56(38-31-52)73(8,9)10)77-65-41-32-53(49-26-33-54(34-27-49)71(2,3)4)43-63(65)62-40-39-59(45-68(62)77)78-58-21-16-20-57(44-58)75-47-76(67-25-15-14-24-66(67)75)70-60(50-18-12-11-13-19-50)22-17-23-61(70)51-28-35-55(36-29-51)72(5,6)7/h11-46H,47H2,1-10H3/i1D3. The van der Waals surface area contributed by atoms with Crippen molar-refractivity contribution >= 4 is 44.6 Å². The molecule has 0 aliphatic carbocycles. The Balaban J connectivity index is 0.939. The first-order valence-corrected chi connectivity index (χ1v) is 27.2. The van der Waals surface area contributed by atoms with Crippen LogP contribution in [0.3, 0.4) is 0 Å². The third kappa shape index (κ3) is 9.42. The average Bonchev–Trinajstić information content (AvgIpc) is 4.00. The molecule has 12 rings (SSSR count). The van der Waals surface area contributed by atoms with Gasteiger partial charge in [-0.05, 0) is 128 Å². The number of pyridine rings is 1. The zero-order chi connectivity index (χ0) is 56.6. The monoisotopic (exact) mass is 1020 g/mol. The lowest BCUT2D eigenvalue weighted by atomic mass is 9.86. The maximum Gasteiger partial charge on any atom is 0.137 e. The van der Waals surface area contributed by atoms with Gasteiger partial charge in [-0.3, -0.25) is 4.57 Å². The van der Waals surface area contributed by atoms with Gasteiger partial charge in [-0.1, -0.05) is 208 Å². The molecule has 0 unspecified atom stereocenters. The lowest BCUT2D eigenvalue weighted by molar-refractivity contribution is 0.483. The van der Waals surface area contributed by atoms with Crippen molar-refractivity contribution in [3.8, 4) is 61.8 Å². The summed E-state index contributed by atoms with van der Waals surface area (Å²) in [6.07, 6.45) is 1.72. The maximum absolute atomic E-state index is 8.85. The number of benzene rings is 9. The van der Waals surface area contributed by atoms with Crippen LogP contribution in [0.4, 0.5) is 22.7 Å². The minimum Gasteiger partial charge on any atom is -0.457 e. The van der Waals surface area contributed by atoms with E-state index in [0.717, 1.165) is 83.5 Å². The van der Waals surface area contributed by atoms with Gasteiger partial charge in [0, 0.05) is 55.6 Å². The number of para-hydroxylation sites is 3. The lowest BCUT2D eigenvalue weighted by Gasteiger charge is -2.27. The predicted octanol–water partition coefficient (Wildman–Crippen LogP) is 20.1. The van der Waals surface area contributed by atoms with Gasteiger partial charge < -0.3 is 14.5 Å². The van der Waals surface area contributed by atoms with E-state index in [-0.39, 0.29) is 21.8 Å². The van der Waals surface area contributed by atoms with Crippen LogP contribution in [0.1, 0.15) is 88.7 Å². The van der Waals surface area contributed by atoms with Crippen LogP contribution in [0, 0.1) is 6.85 Å². The summed E-state index contributed by atoms with van der Waals surface area (Å²) in [4.78, 5) is 9.91. The van der Waals surface area contributed by atoms with Gasteiger partial charge in [0.2, 0.25) is 0 Å². The quantitative estimate of drug-likeness (QED) is 0.144. The summed E-state index contributed by atoms with van der Waals surface area (Å²) in [6.45, 7) is 18.1. The van der Waals surface area contributed by atoms with Crippen LogP contribution in [0.2, 0.25) is 0 Å². The summed E-state index contributed by atoms with van der Waals surface area (Å²) in [5, 5.41) is 2.01. The van der Waals surface area contributed by atoms with Crippen LogP contribution in [0.5, 0.6) is 11.5 Å². The molecule has 0 amide bonds. The van der Waals surface area contributed by atoms with Crippen molar-refractivity contribution in [2.75, 3.05) is 16.5 Å². The summed E-state index contributed by atoms with van der Waals surface area (Å²) in [5.41, 5.74) is 18.3. The Kier molecular flexibility index (Phi) is 11.6. The Hall–Kier alpha value is -8.67. The first kappa shape index (κ1) is 46.6. The van der Waals surface area contributed by atoms with Gasteiger partial charge in [0.1, 0.15) is 24.0 Å². The molecule has 386 valence electrons. The molecule has 5 heteroatoms. The highest BCUT2D eigenvalue weighted by molar-refractivity contribution is 6.11.